The molecule has 1 heterocycles. The van der Waals surface area contributed by atoms with Gasteiger partial charge in [-0.3, -0.25) is 4.79 Å². The van der Waals surface area contributed by atoms with Gasteiger partial charge in [0.05, 0.1) is 0 Å². The molecule has 0 aliphatic carbocycles. The van der Waals surface area contributed by atoms with Crippen molar-refractivity contribution in [1.29, 1.82) is 0 Å². The van der Waals surface area contributed by atoms with E-state index >= 15 is 0 Å². The number of benzene rings is 2. The topological polar surface area (TPSA) is 41.1 Å². The molecule has 2 aromatic carbocycles. The molecule has 0 saturated carbocycles. The van der Waals surface area contributed by atoms with E-state index < -0.39 is 17.5 Å². The maximum atomic E-state index is 13.3. The molecule has 3 nitrogen and oxygen atoms in total. The Morgan fingerprint density at radius 3 is 2.27 bits per heavy atom. The molecule has 2 atom stereocenters. The number of nitrogens with one attached hydrogen (secondary N) is 2. The molecule has 1 saturated heterocycles. The minimum atomic E-state index is -1.49. The number of halogens is 4. The molecule has 26 heavy (non-hydrogen) atoms. The second-order valence-electron chi connectivity index (χ2n) is 6.38. The van der Waals surface area contributed by atoms with Crippen molar-refractivity contribution in [1.82, 2.24) is 10.6 Å². The number of carbonyl (C=O) groups is 1. The molecule has 2 aromatic rings. The van der Waals surface area contributed by atoms with Crippen LogP contribution >= 0.6 is 12.4 Å². The van der Waals surface area contributed by atoms with E-state index in [1.807, 2.05) is 0 Å². The van der Waals surface area contributed by atoms with Crippen LogP contribution in [0.5, 0.6) is 0 Å². The van der Waals surface area contributed by atoms with Crippen LogP contribution in [0.2, 0.25) is 0 Å². The second-order valence-corrected chi connectivity index (χ2v) is 6.38. The summed E-state index contributed by atoms with van der Waals surface area (Å²) in [6, 6.07) is 8.72. The van der Waals surface area contributed by atoms with Crippen molar-refractivity contribution in [2.24, 2.45) is 0 Å². The number of rotatable bonds is 3. The quantitative estimate of drug-likeness (QED) is 0.783. The first-order valence-corrected chi connectivity index (χ1v) is 8.23. The minimum Gasteiger partial charge on any atom is -0.349 e. The van der Waals surface area contributed by atoms with E-state index in [2.05, 4.69) is 17.6 Å². The lowest BCUT2D eigenvalue weighted by Crippen LogP contribution is -2.46. The highest BCUT2D eigenvalue weighted by atomic mass is 35.5. The smallest absolute Gasteiger partial charge is 0.251 e. The fourth-order valence-corrected chi connectivity index (χ4v) is 3.07. The van der Waals surface area contributed by atoms with Crippen molar-refractivity contribution >= 4 is 18.3 Å². The predicted octanol–water partition coefficient (Wildman–Crippen LogP) is 4.06. The zero-order chi connectivity index (χ0) is 18.0. The molecule has 7 heteroatoms. The van der Waals surface area contributed by atoms with Crippen molar-refractivity contribution in [3.8, 4) is 11.1 Å². The van der Waals surface area contributed by atoms with Gasteiger partial charge in [-0.15, -0.1) is 12.4 Å². The third-order valence-electron chi connectivity index (χ3n) is 4.42. The van der Waals surface area contributed by atoms with Gasteiger partial charge in [-0.05, 0) is 61.7 Å². The summed E-state index contributed by atoms with van der Waals surface area (Å²) in [6.45, 7) is 2.95. The van der Waals surface area contributed by atoms with E-state index in [9.17, 15) is 18.0 Å². The van der Waals surface area contributed by atoms with Gasteiger partial charge in [-0.25, -0.2) is 13.2 Å². The Balaban J connectivity index is 0.00000243. The predicted molar refractivity (Wildman–Crippen MR) is 97.0 cm³/mol. The Labute approximate surface area is 156 Å². The van der Waals surface area contributed by atoms with Crippen LogP contribution in [0.3, 0.4) is 0 Å². The van der Waals surface area contributed by atoms with Crippen LogP contribution in [0.25, 0.3) is 11.1 Å². The molecular weight excluding hydrogens is 365 g/mol. The van der Waals surface area contributed by atoms with Crippen molar-refractivity contribution in [3.05, 3.63) is 59.4 Å². The molecule has 0 radical (unpaired) electrons. The Morgan fingerprint density at radius 2 is 1.69 bits per heavy atom. The van der Waals surface area contributed by atoms with Crippen LogP contribution in [0, 0.1) is 17.5 Å². The summed E-state index contributed by atoms with van der Waals surface area (Å²) in [5, 5.41) is 6.33. The van der Waals surface area contributed by atoms with Crippen molar-refractivity contribution in [3.63, 3.8) is 0 Å². The lowest BCUT2D eigenvalue weighted by molar-refractivity contribution is 0.0925. The number of hydrogen-bond donors (Lipinski definition) is 2. The van der Waals surface area contributed by atoms with Gasteiger partial charge >= 0.3 is 0 Å². The Kier molecular flexibility index (Phi) is 6.67. The van der Waals surface area contributed by atoms with Gasteiger partial charge in [0, 0.05) is 17.6 Å². The Morgan fingerprint density at radius 1 is 1.08 bits per heavy atom. The van der Waals surface area contributed by atoms with Gasteiger partial charge in [0.1, 0.15) is 0 Å². The molecule has 1 fully saturated rings. The molecule has 0 spiro atoms. The Hall–Kier alpha value is -2.05. The number of amides is 1. The van der Waals surface area contributed by atoms with Crippen LogP contribution in [-0.4, -0.2) is 24.5 Å². The molecule has 1 aliphatic heterocycles. The van der Waals surface area contributed by atoms with Gasteiger partial charge in [0.2, 0.25) is 0 Å². The van der Waals surface area contributed by atoms with E-state index in [0.717, 1.165) is 31.5 Å². The average molecular weight is 385 g/mol. The second kappa shape index (κ2) is 8.56. The van der Waals surface area contributed by atoms with Crippen LogP contribution in [0.1, 0.15) is 30.1 Å². The highest BCUT2D eigenvalue weighted by Gasteiger charge is 2.20. The van der Waals surface area contributed by atoms with Crippen LogP contribution in [0.15, 0.2) is 36.4 Å². The maximum Gasteiger partial charge on any atom is 0.251 e. The third-order valence-corrected chi connectivity index (χ3v) is 4.42. The molecule has 1 amide bonds. The molecule has 0 aromatic heterocycles. The number of carbonyl (C=O) groups excluding carboxylic acids is 1. The highest BCUT2D eigenvalue weighted by Crippen LogP contribution is 2.24. The lowest BCUT2D eigenvalue weighted by atomic mass is 9.99. The monoisotopic (exact) mass is 384 g/mol. The van der Waals surface area contributed by atoms with Gasteiger partial charge in [-0.1, -0.05) is 12.1 Å². The maximum absolute atomic E-state index is 13.3. The largest absolute Gasteiger partial charge is 0.349 e. The molecule has 140 valence electrons. The van der Waals surface area contributed by atoms with Crippen LogP contribution in [-0.2, 0) is 0 Å². The van der Waals surface area contributed by atoms with Crippen LogP contribution in [0.4, 0.5) is 13.2 Å². The molecule has 2 unspecified atom stereocenters. The van der Waals surface area contributed by atoms with Gasteiger partial charge in [0.15, 0.2) is 17.5 Å². The molecule has 3 rings (SSSR count). The molecular formula is C19H20ClF3N2O. The van der Waals surface area contributed by atoms with E-state index in [1.165, 1.54) is 0 Å². The van der Waals surface area contributed by atoms with E-state index in [-0.39, 0.29) is 29.9 Å². The van der Waals surface area contributed by atoms with Gasteiger partial charge in [-0.2, -0.15) is 0 Å². The van der Waals surface area contributed by atoms with Crippen molar-refractivity contribution in [2.75, 3.05) is 6.54 Å². The molecule has 2 N–H and O–H groups in total. The zero-order valence-electron chi connectivity index (χ0n) is 14.2. The van der Waals surface area contributed by atoms with Gasteiger partial charge in [0.25, 0.3) is 5.91 Å². The standard InChI is InChI=1S/C19H19F3N2O.ClH/c1-11-8-15(6-7-23-11)24-19(25)13-4-2-12(3-5-13)14-9-16(20)18(22)17(21)10-14;/h2-5,9-11,15,23H,6-8H2,1H3,(H,24,25);1H. The fourth-order valence-electron chi connectivity index (χ4n) is 3.07. The minimum absolute atomic E-state index is 0. The van der Waals surface area contributed by atoms with Crippen molar-refractivity contribution < 1.29 is 18.0 Å². The van der Waals surface area contributed by atoms with E-state index in [4.69, 9.17) is 0 Å². The first-order chi connectivity index (χ1) is 11.9. The third kappa shape index (κ3) is 4.56. The first-order valence-electron chi connectivity index (χ1n) is 8.23. The number of piperidine rings is 1. The summed E-state index contributed by atoms with van der Waals surface area (Å²) in [4.78, 5) is 12.3. The van der Waals surface area contributed by atoms with Crippen LogP contribution < -0.4 is 10.6 Å². The molecule has 1 aliphatic rings. The van der Waals surface area contributed by atoms with E-state index in [0.29, 0.717) is 17.2 Å². The van der Waals surface area contributed by atoms with Gasteiger partial charge < -0.3 is 10.6 Å². The number of hydrogen-bond acceptors (Lipinski definition) is 2. The highest BCUT2D eigenvalue weighted by molar-refractivity contribution is 5.94. The summed E-state index contributed by atoms with van der Waals surface area (Å²) in [7, 11) is 0. The SMILES string of the molecule is CC1CC(NC(=O)c2ccc(-c3cc(F)c(F)c(F)c3)cc2)CCN1.Cl. The van der Waals surface area contributed by atoms with Crippen molar-refractivity contribution in [2.45, 2.75) is 31.8 Å². The average Bonchev–Trinajstić information content (AvgIpc) is 2.59. The summed E-state index contributed by atoms with van der Waals surface area (Å²) in [5.41, 5.74) is 1.19. The summed E-state index contributed by atoms with van der Waals surface area (Å²) in [6.07, 6.45) is 1.75. The molecule has 0 bridgehead atoms. The Bertz CT molecular complexity index is 760. The zero-order valence-corrected chi connectivity index (χ0v) is 15.0. The fraction of sp³-hybridized carbons (Fsp3) is 0.316. The summed E-state index contributed by atoms with van der Waals surface area (Å²) in [5.74, 6) is -4.15. The summed E-state index contributed by atoms with van der Waals surface area (Å²) < 4.78 is 39.7. The van der Waals surface area contributed by atoms with E-state index in [1.54, 1.807) is 24.3 Å². The lowest BCUT2D eigenvalue weighted by Gasteiger charge is -2.28. The normalized spacial score (nSPS) is 19.5. The first kappa shape index (κ1) is 20.3. The summed E-state index contributed by atoms with van der Waals surface area (Å²) >= 11 is 0.